The van der Waals surface area contributed by atoms with Crippen LogP contribution in [-0.2, 0) is 4.74 Å². The lowest BCUT2D eigenvalue weighted by Crippen LogP contribution is -2.07. The molecule has 0 saturated carbocycles. The minimum Gasteiger partial charge on any atom is -0.381 e. The molecule has 1 rings (SSSR count). The number of rotatable bonds is 3. The topological polar surface area (TPSA) is 9.23 Å². The van der Waals surface area contributed by atoms with E-state index in [2.05, 4.69) is 24.3 Å². The molecule has 1 aliphatic rings. The van der Waals surface area contributed by atoms with Gasteiger partial charge in [-0.15, -0.1) is 0 Å². The van der Waals surface area contributed by atoms with Crippen molar-refractivity contribution in [1.29, 1.82) is 0 Å². The van der Waals surface area contributed by atoms with Crippen molar-refractivity contribution >= 4 is 0 Å². The monoisotopic (exact) mass is 138 g/mol. The second-order valence-electron chi connectivity index (χ2n) is 2.47. The predicted molar refractivity (Wildman–Crippen MR) is 42.9 cm³/mol. The summed E-state index contributed by atoms with van der Waals surface area (Å²) < 4.78 is 5.29. The van der Waals surface area contributed by atoms with Gasteiger partial charge in [0.05, 0.1) is 6.61 Å². The standard InChI is InChI=1S/C9H14O/c1-2-10-8-9-6-4-3-5-7-9/h3-6,9H,2,7-8H2,1H3. The molecule has 0 radical (unpaired) electrons. The van der Waals surface area contributed by atoms with E-state index in [9.17, 15) is 0 Å². The van der Waals surface area contributed by atoms with Crippen molar-refractivity contribution in [3.63, 3.8) is 0 Å². The summed E-state index contributed by atoms with van der Waals surface area (Å²) >= 11 is 0. The molecule has 0 aliphatic heterocycles. The van der Waals surface area contributed by atoms with Crippen molar-refractivity contribution in [3.8, 4) is 0 Å². The molecule has 0 heterocycles. The number of hydrogen-bond acceptors (Lipinski definition) is 1. The van der Waals surface area contributed by atoms with Crippen LogP contribution in [0.5, 0.6) is 0 Å². The zero-order chi connectivity index (χ0) is 7.23. The fraction of sp³-hybridized carbons (Fsp3) is 0.556. The number of ether oxygens (including phenoxy) is 1. The molecule has 0 saturated heterocycles. The van der Waals surface area contributed by atoms with Gasteiger partial charge in [0.1, 0.15) is 0 Å². The highest BCUT2D eigenvalue weighted by atomic mass is 16.5. The summed E-state index contributed by atoms with van der Waals surface area (Å²) in [6.45, 7) is 3.73. The van der Waals surface area contributed by atoms with Gasteiger partial charge in [-0.05, 0) is 13.3 Å². The quantitative estimate of drug-likeness (QED) is 0.580. The van der Waals surface area contributed by atoms with Crippen LogP contribution in [0.1, 0.15) is 13.3 Å². The highest BCUT2D eigenvalue weighted by Gasteiger charge is 2.03. The Kier molecular flexibility index (Phi) is 3.23. The third kappa shape index (κ3) is 2.36. The lowest BCUT2D eigenvalue weighted by molar-refractivity contribution is 0.125. The average molecular weight is 138 g/mol. The zero-order valence-corrected chi connectivity index (χ0v) is 6.42. The minimum absolute atomic E-state index is 0.616. The summed E-state index contributed by atoms with van der Waals surface area (Å²) in [4.78, 5) is 0. The molecule has 1 aliphatic carbocycles. The highest BCUT2D eigenvalue weighted by molar-refractivity contribution is 5.10. The largest absolute Gasteiger partial charge is 0.381 e. The molecule has 0 bridgehead atoms. The van der Waals surface area contributed by atoms with E-state index in [4.69, 9.17) is 4.74 Å². The van der Waals surface area contributed by atoms with Gasteiger partial charge in [0, 0.05) is 12.5 Å². The van der Waals surface area contributed by atoms with E-state index in [1.165, 1.54) is 0 Å². The maximum atomic E-state index is 5.29. The zero-order valence-electron chi connectivity index (χ0n) is 6.42. The predicted octanol–water partition coefficient (Wildman–Crippen LogP) is 2.16. The van der Waals surface area contributed by atoms with Gasteiger partial charge in [-0.1, -0.05) is 24.3 Å². The summed E-state index contributed by atoms with van der Waals surface area (Å²) in [6.07, 6.45) is 9.70. The van der Waals surface area contributed by atoms with Crippen LogP contribution in [-0.4, -0.2) is 13.2 Å². The maximum absolute atomic E-state index is 5.29. The van der Waals surface area contributed by atoms with Crippen LogP contribution in [0.4, 0.5) is 0 Å². The first kappa shape index (κ1) is 7.55. The summed E-state index contributed by atoms with van der Waals surface area (Å²) in [6, 6.07) is 0. The van der Waals surface area contributed by atoms with E-state index < -0.39 is 0 Å². The number of allylic oxidation sites excluding steroid dienone is 3. The third-order valence-electron chi connectivity index (χ3n) is 1.61. The fourth-order valence-electron chi connectivity index (χ4n) is 1.02. The summed E-state index contributed by atoms with van der Waals surface area (Å²) in [5.41, 5.74) is 0. The number of hydrogen-bond donors (Lipinski definition) is 0. The molecular weight excluding hydrogens is 124 g/mol. The minimum atomic E-state index is 0.616. The second-order valence-corrected chi connectivity index (χ2v) is 2.47. The first-order valence-corrected chi connectivity index (χ1v) is 3.84. The van der Waals surface area contributed by atoms with Crippen molar-refractivity contribution in [3.05, 3.63) is 24.3 Å². The van der Waals surface area contributed by atoms with Crippen LogP contribution in [0, 0.1) is 5.92 Å². The van der Waals surface area contributed by atoms with Gasteiger partial charge in [-0.3, -0.25) is 0 Å². The first-order valence-electron chi connectivity index (χ1n) is 3.84. The Labute approximate surface area is 62.4 Å². The normalized spacial score (nSPS) is 23.5. The van der Waals surface area contributed by atoms with Gasteiger partial charge >= 0.3 is 0 Å². The molecule has 1 nitrogen and oxygen atoms in total. The smallest absolute Gasteiger partial charge is 0.0531 e. The molecule has 56 valence electrons. The molecule has 1 atom stereocenters. The van der Waals surface area contributed by atoms with Crippen LogP contribution >= 0.6 is 0 Å². The summed E-state index contributed by atoms with van der Waals surface area (Å²) in [5, 5.41) is 0. The Bertz CT molecular complexity index is 136. The van der Waals surface area contributed by atoms with Crippen molar-refractivity contribution in [1.82, 2.24) is 0 Å². The molecule has 0 fully saturated rings. The molecule has 0 N–H and O–H groups in total. The van der Waals surface area contributed by atoms with Gasteiger partial charge < -0.3 is 4.74 Å². The van der Waals surface area contributed by atoms with Crippen molar-refractivity contribution < 1.29 is 4.74 Å². The Morgan fingerprint density at radius 1 is 1.50 bits per heavy atom. The van der Waals surface area contributed by atoms with E-state index in [1.54, 1.807) is 0 Å². The van der Waals surface area contributed by atoms with Crippen molar-refractivity contribution in [2.24, 2.45) is 5.92 Å². The maximum Gasteiger partial charge on any atom is 0.0531 e. The van der Waals surface area contributed by atoms with Gasteiger partial charge in [-0.25, -0.2) is 0 Å². The SMILES string of the molecule is CCOCC1C=CC=CC1. The molecule has 0 aromatic carbocycles. The lowest BCUT2D eigenvalue weighted by atomic mass is 10.0. The molecule has 1 heteroatoms. The average Bonchev–Trinajstić information content (AvgIpc) is 2.03. The third-order valence-corrected chi connectivity index (χ3v) is 1.61. The van der Waals surface area contributed by atoms with E-state index in [0.29, 0.717) is 5.92 Å². The highest BCUT2D eigenvalue weighted by Crippen LogP contribution is 2.10. The van der Waals surface area contributed by atoms with Crippen LogP contribution in [0.3, 0.4) is 0 Å². The van der Waals surface area contributed by atoms with Gasteiger partial charge in [0.25, 0.3) is 0 Å². The van der Waals surface area contributed by atoms with E-state index >= 15 is 0 Å². The van der Waals surface area contributed by atoms with E-state index in [0.717, 1.165) is 19.6 Å². The van der Waals surface area contributed by atoms with E-state index in [-0.39, 0.29) is 0 Å². The van der Waals surface area contributed by atoms with E-state index in [1.807, 2.05) is 6.92 Å². The molecular formula is C9H14O. The molecule has 10 heavy (non-hydrogen) atoms. The molecule has 0 amide bonds. The molecule has 0 aromatic rings. The Balaban J connectivity index is 2.17. The van der Waals surface area contributed by atoms with Crippen LogP contribution in [0.15, 0.2) is 24.3 Å². The molecule has 0 spiro atoms. The summed E-state index contributed by atoms with van der Waals surface area (Å²) in [7, 11) is 0. The summed E-state index contributed by atoms with van der Waals surface area (Å²) in [5.74, 6) is 0.616. The first-order chi connectivity index (χ1) is 4.93. The van der Waals surface area contributed by atoms with Crippen LogP contribution in [0.25, 0.3) is 0 Å². The molecule has 1 unspecified atom stereocenters. The van der Waals surface area contributed by atoms with Gasteiger partial charge in [0.15, 0.2) is 0 Å². The second kappa shape index (κ2) is 4.29. The fourth-order valence-corrected chi connectivity index (χ4v) is 1.02. The van der Waals surface area contributed by atoms with Gasteiger partial charge in [-0.2, -0.15) is 0 Å². The van der Waals surface area contributed by atoms with Crippen LogP contribution < -0.4 is 0 Å². The van der Waals surface area contributed by atoms with Crippen molar-refractivity contribution in [2.45, 2.75) is 13.3 Å². The Morgan fingerprint density at radius 3 is 3.00 bits per heavy atom. The molecule has 0 aromatic heterocycles. The Morgan fingerprint density at radius 2 is 2.40 bits per heavy atom. The van der Waals surface area contributed by atoms with Gasteiger partial charge in [0.2, 0.25) is 0 Å². The van der Waals surface area contributed by atoms with Crippen molar-refractivity contribution in [2.75, 3.05) is 13.2 Å². The Hall–Kier alpha value is -0.560. The van der Waals surface area contributed by atoms with Crippen LogP contribution in [0.2, 0.25) is 0 Å². The lowest BCUT2D eigenvalue weighted by Gasteiger charge is -2.11.